The lowest BCUT2D eigenvalue weighted by Crippen LogP contribution is -2.27. The van der Waals surface area contributed by atoms with Gasteiger partial charge in [0.05, 0.1) is 5.75 Å². The van der Waals surface area contributed by atoms with Crippen molar-refractivity contribution in [1.82, 2.24) is 5.32 Å². The Balaban J connectivity index is 1.57. The minimum Gasteiger partial charge on any atom is -0.381 e. The van der Waals surface area contributed by atoms with Gasteiger partial charge in [0.15, 0.2) is 0 Å². The van der Waals surface area contributed by atoms with Gasteiger partial charge in [-0.15, -0.1) is 11.8 Å². The van der Waals surface area contributed by atoms with Crippen molar-refractivity contribution in [2.45, 2.75) is 25.5 Å². The Hall–Kier alpha value is -1.00. The van der Waals surface area contributed by atoms with Gasteiger partial charge in [-0.25, -0.2) is 0 Å². The highest BCUT2D eigenvalue weighted by molar-refractivity contribution is 7.99. The first kappa shape index (κ1) is 15.4. The van der Waals surface area contributed by atoms with Gasteiger partial charge < -0.3 is 10.1 Å². The Kier molecular flexibility index (Phi) is 6.40. The summed E-state index contributed by atoms with van der Waals surface area (Å²) in [4.78, 5) is 11.7. The van der Waals surface area contributed by atoms with Gasteiger partial charge in [-0.1, -0.05) is 24.3 Å². The van der Waals surface area contributed by atoms with Crippen LogP contribution < -0.4 is 5.32 Å². The molecule has 1 saturated heterocycles. The van der Waals surface area contributed by atoms with E-state index in [2.05, 4.69) is 24.4 Å². The summed E-state index contributed by atoms with van der Waals surface area (Å²) in [5.41, 5.74) is 2.61. The van der Waals surface area contributed by atoms with Gasteiger partial charge in [-0.3, -0.25) is 4.79 Å². The summed E-state index contributed by atoms with van der Waals surface area (Å²) in [6.45, 7) is 4.63. The average Bonchev–Trinajstić information content (AvgIpc) is 2.94. The molecule has 3 nitrogen and oxygen atoms in total. The molecule has 0 saturated carbocycles. The summed E-state index contributed by atoms with van der Waals surface area (Å²) in [5, 5.41) is 3.00. The lowest BCUT2D eigenvalue weighted by atomic mass is 10.1. The van der Waals surface area contributed by atoms with Crippen molar-refractivity contribution in [3.63, 3.8) is 0 Å². The van der Waals surface area contributed by atoms with Crippen LogP contribution in [0.5, 0.6) is 0 Å². The quantitative estimate of drug-likeness (QED) is 0.840. The zero-order valence-electron chi connectivity index (χ0n) is 12.1. The molecule has 0 aliphatic carbocycles. The van der Waals surface area contributed by atoms with Crippen LogP contribution in [0.2, 0.25) is 0 Å². The molecule has 1 N–H and O–H groups in total. The molecular weight excluding hydrogens is 270 g/mol. The molecule has 0 bridgehead atoms. The molecule has 1 heterocycles. The number of carbonyl (C=O) groups excluding carboxylic acids is 1. The van der Waals surface area contributed by atoms with Crippen molar-refractivity contribution in [2.75, 3.05) is 25.5 Å². The predicted molar refractivity (Wildman–Crippen MR) is 83.9 cm³/mol. The molecule has 20 heavy (non-hydrogen) atoms. The average molecular weight is 293 g/mol. The molecule has 1 aliphatic rings. The molecule has 2 rings (SSSR count). The number of ether oxygens (including phenoxy) is 1. The van der Waals surface area contributed by atoms with E-state index in [9.17, 15) is 4.79 Å². The second-order valence-corrected chi connectivity index (χ2v) is 6.27. The Labute approximate surface area is 125 Å². The van der Waals surface area contributed by atoms with Gasteiger partial charge in [0.1, 0.15) is 0 Å². The fourth-order valence-corrected chi connectivity index (χ4v) is 3.24. The normalized spacial score (nSPS) is 18.1. The molecule has 0 spiro atoms. The number of benzene rings is 1. The topological polar surface area (TPSA) is 38.3 Å². The van der Waals surface area contributed by atoms with E-state index in [1.807, 2.05) is 12.1 Å². The van der Waals surface area contributed by atoms with Crippen LogP contribution in [-0.2, 0) is 15.3 Å². The van der Waals surface area contributed by atoms with E-state index in [-0.39, 0.29) is 5.91 Å². The van der Waals surface area contributed by atoms with E-state index in [0.29, 0.717) is 11.7 Å². The highest BCUT2D eigenvalue weighted by Crippen LogP contribution is 2.16. The maximum Gasteiger partial charge on any atom is 0.230 e. The van der Waals surface area contributed by atoms with Gasteiger partial charge in [-0.2, -0.15) is 0 Å². The van der Waals surface area contributed by atoms with Gasteiger partial charge in [0.25, 0.3) is 0 Å². The van der Waals surface area contributed by atoms with Crippen molar-refractivity contribution in [3.05, 3.63) is 35.4 Å². The summed E-state index contributed by atoms with van der Waals surface area (Å²) in [5.74, 6) is 2.21. The fraction of sp³-hybridized carbons (Fsp3) is 0.562. The minimum atomic E-state index is 0.141. The van der Waals surface area contributed by atoms with Gasteiger partial charge in [0, 0.05) is 25.5 Å². The van der Waals surface area contributed by atoms with Crippen LogP contribution in [0, 0.1) is 12.8 Å². The SMILES string of the molecule is Cc1ccccc1CSCC(=O)NCC[C@H]1CCOC1. The summed E-state index contributed by atoms with van der Waals surface area (Å²) >= 11 is 1.67. The third kappa shape index (κ3) is 5.17. The van der Waals surface area contributed by atoms with Gasteiger partial charge in [0.2, 0.25) is 5.91 Å². The van der Waals surface area contributed by atoms with Crippen molar-refractivity contribution >= 4 is 17.7 Å². The molecule has 1 fully saturated rings. The Morgan fingerprint density at radius 1 is 1.45 bits per heavy atom. The standard InChI is InChI=1S/C16H23NO2S/c1-13-4-2-3-5-15(13)11-20-12-16(18)17-8-6-14-7-9-19-10-14/h2-5,14H,6-12H2,1H3,(H,17,18)/t14-/m0/s1. The van der Waals surface area contributed by atoms with E-state index in [1.54, 1.807) is 11.8 Å². The molecule has 0 radical (unpaired) electrons. The van der Waals surface area contributed by atoms with Gasteiger partial charge in [-0.05, 0) is 36.8 Å². The summed E-state index contributed by atoms with van der Waals surface area (Å²) < 4.78 is 5.32. The molecule has 0 unspecified atom stereocenters. The van der Waals surface area contributed by atoms with Crippen LogP contribution in [0.1, 0.15) is 24.0 Å². The number of rotatable bonds is 7. The maximum atomic E-state index is 11.7. The van der Waals surface area contributed by atoms with Crippen LogP contribution in [0.25, 0.3) is 0 Å². The second kappa shape index (κ2) is 8.32. The zero-order valence-corrected chi connectivity index (χ0v) is 12.9. The first-order valence-electron chi connectivity index (χ1n) is 7.22. The molecule has 4 heteroatoms. The number of carbonyl (C=O) groups is 1. The van der Waals surface area contributed by atoms with Crippen LogP contribution >= 0.6 is 11.8 Å². The van der Waals surface area contributed by atoms with E-state index in [1.165, 1.54) is 11.1 Å². The van der Waals surface area contributed by atoms with Crippen LogP contribution in [0.15, 0.2) is 24.3 Å². The van der Waals surface area contributed by atoms with E-state index < -0.39 is 0 Å². The molecular formula is C16H23NO2S. The molecule has 1 aromatic rings. The van der Waals surface area contributed by atoms with Crippen molar-refractivity contribution in [2.24, 2.45) is 5.92 Å². The predicted octanol–water partition coefficient (Wildman–Crippen LogP) is 2.77. The third-order valence-corrected chi connectivity index (χ3v) is 4.63. The van der Waals surface area contributed by atoms with Crippen LogP contribution in [0.4, 0.5) is 0 Å². The molecule has 1 aromatic carbocycles. The van der Waals surface area contributed by atoms with Crippen molar-refractivity contribution in [3.8, 4) is 0 Å². The third-order valence-electron chi connectivity index (χ3n) is 3.65. The Bertz CT molecular complexity index is 430. The highest BCUT2D eigenvalue weighted by atomic mass is 32.2. The van der Waals surface area contributed by atoms with Crippen LogP contribution in [-0.4, -0.2) is 31.4 Å². The molecule has 1 atom stereocenters. The number of aryl methyl sites for hydroxylation is 1. The first-order valence-corrected chi connectivity index (χ1v) is 8.38. The summed E-state index contributed by atoms with van der Waals surface area (Å²) in [6.07, 6.45) is 2.17. The number of thioether (sulfide) groups is 1. The summed E-state index contributed by atoms with van der Waals surface area (Å²) in [7, 11) is 0. The lowest BCUT2D eigenvalue weighted by Gasteiger charge is -2.09. The van der Waals surface area contributed by atoms with E-state index in [0.717, 1.165) is 38.4 Å². The largest absolute Gasteiger partial charge is 0.381 e. The van der Waals surface area contributed by atoms with Crippen molar-refractivity contribution < 1.29 is 9.53 Å². The van der Waals surface area contributed by atoms with E-state index >= 15 is 0 Å². The maximum absolute atomic E-state index is 11.7. The second-order valence-electron chi connectivity index (χ2n) is 5.29. The Morgan fingerprint density at radius 3 is 3.05 bits per heavy atom. The summed E-state index contributed by atoms with van der Waals surface area (Å²) in [6, 6.07) is 8.33. The van der Waals surface area contributed by atoms with Crippen molar-refractivity contribution in [1.29, 1.82) is 0 Å². The molecule has 1 aliphatic heterocycles. The number of amides is 1. The number of nitrogens with one attached hydrogen (secondary N) is 1. The minimum absolute atomic E-state index is 0.141. The number of hydrogen-bond acceptors (Lipinski definition) is 3. The fourth-order valence-electron chi connectivity index (χ4n) is 2.30. The molecule has 0 aromatic heterocycles. The highest BCUT2D eigenvalue weighted by Gasteiger charge is 2.15. The Morgan fingerprint density at radius 2 is 2.30 bits per heavy atom. The molecule has 110 valence electrons. The smallest absolute Gasteiger partial charge is 0.230 e. The first-order chi connectivity index (χ1) is 9.75. The monoisotopic (exact) mass is 293 g/mol. The lowest BCUT2D eigenvalue weighted by molar-refractivity contribution is -0.118. The zero-order chi connectivity index (χ0) is 14.2. The number of hydrogen-bond donors (Lipinski definition) is 1. The van der Waals surface area contributed by atoms with Gasteiger partial charge >= 0.3 is 0 Å². The van der Waals surface area contributed by atoms with E-state index in [4.69, 9.17) is 4.74 Å². The van der Waals surface area contributed by atoms with Crippen LogP contribution in [0.3, 0.4) is 0 Å². The molecule has 1 amide bonds.